The average Bonchev–Trinajstić information content (AvgIpc) is 2.61. The highest BCUT2D eigenvalue weighted by molar-refractivity contribution is 5.87. The smallest absolute Gasteiger partial charge is 0.335 e. The first-order chi connectivity index (χ1) is 11.6. The molecule has 5 heteroatoms. The van der Waals surface area contributed by atoms with Crippen molar-refractivity contribution < 1.29 is 19.4 Å². The molecule has 2 N–H and O–H groups in total. The lowest BCUT2D eigenvalue weighted by Crippen LogP contribution is -2.24. The van der Waals surface area contributed by atoms with Crippen LogP contribution in [0.1, 0.15) is 34.8 Å². The van der Waals surface area contributed by atoms with E-state index in [1.54, 1.807) is 12.1 Å². The number of carboxylic acids is 1. The zero-order chi connectivity index (χ0) is 17.4. The first-order valence-corrected chi connectivity index (χ1v) is 7.89. The third kappa shape index (κ3) is 5.43. The van der Waals surface area contributed by atoms with E-state index in [2.05, 4.69) is 12.2 Å². The molecule has 0 atom stereocenters. The zero-order valence-electron chi connectivity index (χ0n) is 13.6. The van der Waals surface area contributed by atoms with Gasteiger partial charge in [0.15, 0.2) is 0 Å². The molecule has 1 amide bonds. The summed E-state index contributed by atoms with van der Waals surface area (Å²) < 4.78 is 5.54. The fourth-order valence-electron chi connectivity index (χ4n) is 2.14. The molecule has 0 aromatic heterocycles. The van der Waals surface area contributed by atoms with Crippen LogP contribution >= 0.6 is 0 Å². The van der Waals surface area contributed by atoms with E-state index in [-0.39, 0.29) is 17.9 Å². The van der Waals surface area contributed by atoms with Gasteiger partial charge in [-0.2, -0.15) is 0 Å². The van der Waals surface area contributed by atoms with Crippen molar-refractivity contribution in [2.75, 3.05) is 6.61 Å². The number of carbonyl (C=O) groups is 2. The standard InChI is InChI=1S/C19H21NO4/c1-2-14-5-9-17(10-6-14)24-12-11-18(21)20-13-15-3-7-16(8-4-15)19(22)23/h3-10H,2,11-13H2,1H3,(H,20,21)(H,22,23). The molecule has 0 aliphatic carbocycles. The van der Waals surface area contributed by atoms with Crippen molar-refractivity contribution in [1.29, 1.82) is 0 Å². The van der Waals surface area contributed by atoms with Crippen LogP contribution in [-0.2, 0) is 17.8 Å². The number of aromatic carboxylic acids is 1. The SMILES string of the molecule is CCc1ccc(OCCC(=O)NCc2ccc(C(=O)O)cc2)cc1. The van der Waals surface area contributed by atoms with Gasteiger partial charge in [0.1, 0.15) is 5.75 Å². The lowest BCUT2D eigenvalue weighted by atomic mass is 10.1. The third-order valence-corrected chi connectivity index (χ3v) is 3.62. The second-order valence-corrected chi connectivity index (χ2v) is 5.37. The number of hydrogen-bond acceptors (Lipinski definition) is 3. The van der Waals surface area contributed by atoms with Gasteiger partial charge in [0.2, 0.25) is 5.91 Å². The maximum Gasteiger partial charge on any atom is 0.335 e. The monoisotopic (exact) mass is 327 g/mol. The van der Waals surface area contributed by atoms with Crippen molar-refractivity contribution in [3.8, 4) is 5.75 Å². The van der Waals surface area contributed by atoms with Gasteiger partial charge >= 0.3 is 5.97 Å². The van der Waals surface area contributed by atoms with Crippen LogP contribution in [0.3, 0.4) is 0 Å². The van der Waals surface area contributed by atoms with E-state index in [0.717, 1.165) is 17.7 Å². The maximum absolute atomic E-state index is 11.8. The fourth-order valence-corrected chi connectivity index (χ4v) is 2.14. The van der Waals surface area contributed by atoms with E-state index < -0.39 is 5.97 Å². The molecule has 2 aromatic rings. The highest BCUT2D eigenvalue weighted by Crippen LogP contribution is 2.12. The van der Waals surface area contributed by atoms with Crippen LogP contribution < -0.4 is 10.1 Å². The lowest BCUT2D eigenvalue weighted by molar-refractivity contribution is -0.121. The Morgan fingerprint density at radius 2 is 1.62 bits per heavy atom. The number of carbonyl (C=O) groups excluding carboxylic acids is 1. The largest absolute Gasteiger partial charge is 0.493 e. The molecule has 0 spiro atoms. The Morgan fingerprint density at radius 3 is 2.21 bits per heavy atom. The first kappa shape index (κ1) is 17.5. The molecule has 24 heavy (non-hydrogen) atoms. The molecule has 2 rings (SSSR count). The summed E-state index contributed by atoms with van der Waals surface area (Å²) in [6.45, 7) is 2.77. The Hall–Kier alpha value is -2.82. The average molecular weight is 327 g/mol. The van der Waals surface area contributed by atoms with Crippen LogP contribution in [0.2, 0.25) is 0 Å². The Balaban J connectivity index is 1.70. The molecule has 0 saturated carbocycles. The van der Waals surface area contributed by atoms with Crippen molar-refractivity contribution >= 4 is 11.9 Å². The molecule has 0 saturated heterocycles. The number of carboxylic acid groups (broad SMARTS) is 1. The van der Waals surface area contributed by atoms with Crippen molar-refractivity contribution in [2.45, 2.75) is 26.3 Å². The van der Waals surface area contributed by atoms with Gasteiger partial charge in [-0.25, -0.2) is 4.79 Å². The topological polar surface area (TPSA) is 75.6 Å². The number of ether oxygens (including phenoxy) is 1. The molecule has 0 fully saturated rings. The third-order valence-electron chi connectivity index (χ3n) is 3.62. The zero-order valence-corrected chi connectivity index (χ0v) is 13.6. The number of benzene rings is 2. The summed E-state index contributed by atoms with van der Waals surface area (Å²) in [7, 11) is 0. The van der Waals surface area contributed by atoms with Gasteiger partial charge < -0.3 is 15.2 Å². The van der Waals surface area contributed by atoms with E-state index in [4.69, 9.17) is 9.84 Å². The number of nitrogens with one attached hydrogen (secondary N) is 1. The van der Waals surface area contributed by atoms with Gasteiger partial charge in [-0.1, -0.05) is 31.2 Å². The van der Waals surface area contributed by atoms with Crippen LogP contribution in [0.5, 0.6) is 5.75 Å². The van der Waals surface area contributed by atoms with E-state index in [1.165, 1.54) is 17.7 Å². The summed E-state index contributed by atoms with van der Waals surface area (Å²) in [6, 6.07) is 14.2. The summed E-state index contributed by atoms with van der Waals surface area (Å²) in [5.41, 5.74) is 2.33. The molecule has 0 unspecified atom stereocenters. The van der Waals surface area contributed by atoms with Crippen molar-refractivity contribution in [2.24, 2.45) is 0 Å². The van der Waals surface area contributed by atoms with E-state index >= 15 is 0 Å². The maximum atomic E-state index is 11.8. The van der Waals surface area contributed by atoms with Crippen molar-refractivity contribution in [1.82, 2.24) is 5.32 Å². The minimum absolute atomic E-state index is 0.109. The van der Waals surface area contributed by atoms with Crippen molar-refractivity contribution in [3.63, 3.8) is 0 Å². The Labute approximate surface area is 141 Å². The molecule has 0 aliphatic heterocycles. The van der Waals surface area contributed by atoms with Gasteiger partial charge in [-0.15, -0.1) is 0 Å². The van der Waals surface area contributed by atoms with Gasteiger partial charge in [0, 0.05) is 6.54 Å². The molecular weight excluding hydrogens is 306 g/mol. The minimum atomic E-state index is -0.963. The predicted molar refractivity (Wildman–Crippen MR) is 91.2 cm³/mol. The normalized spacial score (nSPS) is 10.2. The molecular formula is C19H21NO4. The van der Waals surface area contributed by atoms with Gasteiger partial charge in [-0.3, -0.25) is 4.79 Å². The molecule has 2 aromatic carbocycles. The quantitative estimate of drug-likeness (QED) is 0.781. The van der Waals surface area contributed by atoms with E-state index in [9.17, 15) is 9.59 Å². The summed E-state index contributed by atoms with van der Waals surface area (Å²) in [6.07, 6.45) is 1.25. The van der Waals surface area contributed by atoms with Crippen LogP contribution in [0, 0.1) is 0 Å². The Kier molecular flexibility index (Phi) is 6.37. The highest BCUT2D eigenvalue weighted by Gasteiger charge is 2.04. The van der Waals surface area contributed by atoms with Crippen LogP contribution in [0.4, 0.5) is 0 Å². The van der Waals surface area contributed by atoms with Gasteiger partial charge in [0.05, 0.1) is 18.6 Å². The van der Waals surface area contributed by atoms with Crippen LogP contribution in [-0.4, -0.2) is 23.6 Å². The van der Waals surface area contributed by atoms with Gasteiger partial charge in [-0.05, 0) is 41.8 Å². The first-order valence-electron chi connectivity index (χ1n) is 7.89. The minimum Gasteiger partial charge on any atom is -0.493 e. The molecule has 5 nitrogen and oxygen atoms in total. The highest BCUT2D eigenvalue weighted by atomic mass is 16.5. The number of rotatable bonds is 8. The second kappa shape index (κ2) is 8.72. The van der Waals surface area contributed by atoms with E-state index in [1.807, 2.05) is 24.3 Å². The molecule has 0 aliphatic rings. The van der Waals surface area contributed by atoms with E-state index in [0.29, 0.717) is 13.2 Å². The van der Waals surface area contributed by atoms with Crippen LogP contribution in [0.25, 0.3) is 0 Å². The summed E-state index contributed by atoms with van der Waals surface area (Å²) in [4.78, 5) is 22.6. The molecule has 0 heterocycles. The number of aryl methyl sites for hydroxylation is 1. The van der Waals surface area contributed by atoms with Crippen molar-refractivity contribution in [3.05, 3.63) is 65.2 Å². The van der Waals surface area contributed by atoms with Crippen LogP contribution in [0.15, 0.2) is 48.5 Å². The predicted octanol–water partition coefficient (Wildman–Crippen LogP) is 3.03. The lowest BCUT2D eigenvalue weighted by Gasteiger charge is -2.08. The molecule has 0 radical (unpaired) electrons. The fraction of sp³-hybridized carbons (Fsp3) is 0.263. The number of amides is 1. The van der Waals surface area contributed by atoms with Gasteiger partial charge in [0.25, 0.3) is 0 Å². The second-order valence-electron chi connectivity index (χ2n) is 5.37. The summed E-state index contributed by atoms with van der Waals surface area (Å²) in [5, 5.41) is 11.6. The summed E-state index contributed by atoms with van der Waals surface area (Å²) in [5.74, 6) is -0.318. The Morgan fingerprint density at radius 1 is 1.00 bits per heavy atom. The number of hydrogen-bond donors (Lipinski definition) is 2. The molecule has 0 bridgehead atoms. The Bertz CT molecular complexity index is 678. The summed E-state index contributed by atoms with van der Waals surface area (Å²) >= 11 is 0. The molecule has 126 valence electrons.